The van der Waals surface area contributed by atoms with E-state index in [-0.39, 0.29) is 5.82 Å². The van der Waals surface area contributed by atoms with Crippen LogP contribution in [-0.2, 0) is 0 Å². The minimum atomic E-state index is -0.281. The van der Waals surface area contributed by atoms with Gasteiger partial charge in [0.2, 0.25) is 0 Å². The predicted molar refractivity (Wildman–Crippen MR) is 63.8 cm³/mol. The zero-order valence-corrected chi connectivity index (χ0v) is 9.91. The second kappa shape index (κ2) is 4.81. The van der Waals surface area contributed by atoms with Crippen molar-refractivity contribution in [3.8, 4) is 0 Å². The Balaban J connectivity index is 1.98. The van der Waals surface area contributed by atoms with Gasteiger partial charge in [-0.25, -0.2) is 9.37 Å². The zero-order chi connectivity index (χ0) is 11.5. The molecule has 1 N–H and O–H groups in total. The van der Waals surface area contributed by atoms with Gasteiger partial charge in [-0.1, -0.05) is 20.3 Å². The van der Waals surface area contributed by atoms with Crippen molar-refractivity contribution in [1.29, 1.82) is 0 Å². The van der Waals surface area contributed by atoms with Gasteiger partial charge in [0.15, 0.2) is 0 Å². The fourth-order valence-electron chi connectivity index (χ4n) is 2.68. The van der Waals surface area contributed by atoms with Crippen LogP contribution in [0.15, 0.2) is 18.3 Å². The first-order chi connectivity index (χ1) is 7.70. The van der Waals surface area contributed by atoms with Crippen LogP contribution in [0.1, 0.15) is 33.1 Å². The summed E-state index contributed by atoms with van der Waals surface area (Å²) in [6.45, 7) is 4.54. The maximum Gasteiger partial charge on any atom is 0.141 e. The average Bonchev–Trinajstić information content (AvgIpc) is 2.63. The molecule has 88 valence electrons. The lowest BCUT2D eigenvalue weighted by molar-refractivity contribution is 0.391. The lowest BCUT2D eigenvalue weighted by Crippen LogP contribution is -2.25. The predicted octanol–water partition coefficient (Wildman–Crippen LogP) is 3.46. The Morgan fingerprint density at radius 3 is 2.81 bits per heavy atom. The van der Waals surface area contributed by atoms with E-state index in [9.17, 15) is 4.39 Å². The molecule has 1 aromatic heterocycles. The topological polar surface area (TPSA) is 24.9 Å². The average molecular weight is 222 g/mol. The van der Waals surface area contributed by atoms with Crippen LogP contribution in [0.25, 0.3) is 0 Å². The van der Waals surface area contributed by atoms with Crippen molar-refractivity contribution < 1.29 is 4.39 Å². The van der Waals surface area contributed by atoms with Crippen LogP contribution in [0.4, 0.5) is 10.2 Å². The molecule has 0 bridgehead atoms. The van der Waals surface area contributed by atoms with E-state index in [1.807, 2.05) is 0 Å². The second-order valence-corrected chi connectivity index (χ2v) is 4.72. The van der Waals surface area contributed by atoms with Gasteiger partial charge >= 0.3 is 0 Å². The number of pyridine rings is 1. The van der Waals surface area contributed by atoms with Crippen LogP contribution < -0.4 is 5.32 Å². The summed E-state index contributed by atoms with van der Waals surface area (Å²) < 4.78 is 12.7. The Morgan fingerprint density at radius 1 is 1.44 bits per heavy atom. The van der Waals surface area contributed by atoms with Crippen LogP contribution in [-0.4, -0.2) is 11.0 Å². The SMILES string of the molecule is CCC1CCC(Nc2ccc(F)cn2)C1C. The molecule has 1 fully saturated rings. The minimum Gasteiger partial charge on any atom is -0.367 e. The molecule has 1 aromatic rings. The number of hydrogen-bond acceptors (Lipinski definition) is 2. The molecular formula is C13H19FN2. The molecule has 0 aliphatic heterocycles. The van der Waals surface area contributed by atoms with Gasteiger partial charge in [0.1, 0.15) is 11.6 Å². The molecule has 1 aliphatic carbocycles. The van der Waals surface area contributed by atoms with Gasteiger partial charge in [-0.3, -0.25) is 0 Å². The summed E-state index contributed by atoms with van der Waals surface area (Å²) in [7, 11) is 0. The molecule has 1 aliphatic rings. The monoisotopic (exact) mass is 222 g/mol. The molecule has 0 aromatic carbocycles. The molecule has 0 amide bonds. The van der Waals surface area contributed by atoms with Gasteiger partial charge in [0.25, 0.3) is 0 Å². The number of rotatable bonds is 3. The van der Waals surface area contributed by atoms with Crippen LogP contribution in [0, 0.1) is 17.7 Å². The van der Waals surface area contributed by atoms with Crippen molar-refractivity contribution in [2.45, 2.75) is 39.2 Å². The molecule has 3 unspecified atom stereocenters. The molecule has 3 atom stereocenters. The van der Waals surface area contributed by atoms with Gasteiger partial charge in [-0.2, -0.15) is 0 Å². The van der Waals surface area contributed by atoms with Crippen LogP contribution in [0.2, 0.25) is 0 Å². The second-order valence-electron chi connectivity index (χ2n) is 4.72. The number of aromatic nitrogens is 1. The van der Waals surface area contributed by atoms with Crippen LogP contribution in [0.5, 0.6) is 0 Å². The van der Waals surface area contributed by atoms with Crippen molar-refractivity contribution in [1.82, 2.24) is 4.98 Å². The van der Waals surface area contributed by atoms with E-state index in [2.05, 4.69) is 24.1 Å². The Morgan fingerprint density at radius 2 is 2.25 bits per heavy atom. The zero-order valence-electron chi connectivity index (χ0n) is 9.91. The fourth-order valence-corrected chi connectivity index (χ4v) is 2.68. The van der Waals surface area contributed by atoms with Gasteiger partial charge in [-0.05, 0) is 36.8 Å². The summed E-state index contributed by atoms with van der Waals surface area (Å²) in [5, 5.41) is 3.40. The smallest absolute Gasteiger partial charge is 0.141 e. The molecule has 1 saturated carbocycles. The Labute approximate surface area is 96.3 Å². The van der Waals surface area contributed by atoms with Gasteiger partial charge in [0.05, 0.1) is 6.20 Å². The van der Waals surface area contributed by atoms with E-state index in [0.29, 0.717) is 12.0 Å². The quantitative estimate of drug-likeness (QED) is 0.847. The summed E-state index contributed by atoms with van der Waals surface area (Å²) in [5.41, 5.74) is 0. The van der Waals surface area contributed by atoms with Crippen molar-refractivity contribution in [3.63, 3.8) is 0 Å². The van der Waals surface area contributed by atoms with Crippen molar-refractivity contribution >= 4 is 5.82 Å². The van der Waals surface area contributed by atoms with E-state index in [1.54, 1.807) is 6.07 Å². The Bertz CT molecular complexity index is 336. The van der Waals surface area contributed by atoms with E-state index >= 15 is 0 Å². The van der Waals surface area contributed by atoms with Crippen LogP contribution in [0.3, 0.4) is 0 Å². The molecule has 0 spiro atoms. The minimum absolute atomic E-state index is 0.281. The first-order valence-corrected chi connectivity index (χ1v) is 6.08. The molecule has 0 radical (unpaired) electrons. The van der Waals surface area contributed by atoms with E-state index in [0.717, 1.165) is 11.7 Å². The first kappa shape index (κ1) is 11.4. The summed E-state index contributed by atoms with van der Waals surface area (Å²) in [5.74, 6) is 2.00. The molecule has 0 saturated heterocycles. The number of nitrogens with one attached hydrogen (secondary N) is 1. The summed E-state index contributed by atoms with van der Waals surface area (Å²) in [4.78, 5) is 4.04. The fraction of sp³-hybridized carbons (Fsp3) is 0.615. The Hall–Kier alpha value is -1.12. The standard InChI is InChI=1S/C13H19FN2/c1-3-10-4-6-12(9(10)2)16-13-7-5-11(14)8-15-13/h5,7-10,12H,3-4,6H2,1-2H3,(H,15,16). The molecule has 2 nitrogen and oxygen atoms in total. The number of hydrogen-bond donors (Lipinski definition) is 1. The van der Waals surface area contributed by atoms with Crippen molar-refractivity contribution in [2.24, 2.45) is 11.8 Å². The Kier molecular flexibility index (Phi) is 3.42. The molecule has 2 rings (SSSR count). The summed E-state index contributed by atoms with van der Waals surface area (Å²) in [6, 6.07) is 3.65. The lowest BCUT2D eigenvalue weighted by Gasteiger charge is -2.21. The van der Waals surface area contributed by atoms with E-state index in [4.69, 9.17) is 0 Å². The summed E-state index contributed by atoms with van der Waals surface area (Å²) in [6.07, 6.45) is 4.99. The van der Waals surface area contributed by atoms with Crippen molar-refractivity contribution in [2.75, 3.05) is 5.32 Å². The molecule has 16 heavy (non-hydrogen) atoms. The van der Waals surface area contributed by atoms with E-state index < -0.39 is 0 Å². The number of nitrogens with zero attached hydrogens (tertiary/aromatic N) is 1. The highest BCUT2D eigenvalue weighted by molar-refractivity contribution is 5.35. The largest absolute Gasteiger partial charge is 0.367 e. The lowest BCUT2D eigenvalue weighted by atomic mass is 9.93. The normalized spacial score (nSPS) is 29.3. The third-order valence-corrected chi connectivity index (χ3v) is 3.81. The van der Waals surface area contributed by atoms with Gasteiger partial charge < -0.3 is 5.32 Å². The molecular weight excluding hydrogens is 203 g/mol. The summed E-state index contributed by atoms with van der Waals surface area (Å²) >= 11 is 0. The maximum atomic E-state index is 12.7. The molecule has 3 heteroatoms. The maximum absolute atomic E-state index is 12.7. The third kappa shape index (κ3) is 2.34. The van der Waals surface area contributed by atoms with Crippen LogP contribution >= 0.6 is 0 Å². The third-order valence-electron chi connectivity index (χ3n) is 3.81. The van der Waals surface area contributed by atoms with Gasteiger partial charge in [-0.15, -0.1) is 0 Å². The highest BCUT2D eigenvalue weighted by atomic mass is 19.1. The van der Waals surface area contributed by atoms with Crippen molar-refractivity contribution in [3.05, 3.63) is 24.1 Å². The molecule has 1 heterocycles. The van der Waals surface area contributed by atoms with Gasteiger partial charge in [0, 0.05) is 6.04 Å². The number of anilines is 1. The van der Waals surface area contributed by atoms with E-state index in [1.165, 1.54) is 31.5 Å². The first-order valence-electron chi connectivity index (χ1n) is 6.08. The highest BCUT2D eigenvalue weighted by Gasteiger charge is 2.31. The highest BCUT2D eigenvalue weighted by Crippen LogP contribution is 2.35. The number of halogens is 1.